The summed E-state index contributed by atoms with van der Waals surface area (Å²) in [7, 11) is -7.07. The minimum Gasteiger partial charge on any atom is -0.477 e. The lowest BCUT2D eigenvalue weighted by molar-refractivity contribution is 0.247. The lowest BCUT2D eigenvalue weighted by Gasteiger charge is -2.10. The van der Waals surface area contributed by atoms with Gasteiger partial charge in [0.05, 0.1) is 43.2 Å². The lowest BCUT2D eigenvalue weighted by atomic mass is 10.1. The molecule has 3 aromatic rings. The van der Waals surface area contributed by atoms with Crippen molar-refractivity contribution in [3.63, 3.8) is 0 Å². The monoisotopic (exact) mass is 504 g/mol. The largest absolute Gasteiger partial charge is 0.477 e. The van der Waals surface area contributed by atoms with Gasteiger partial charge in [0.1, 0.15) is 10.1 Å². The topological polar surface area (TPSA) is 130 Å². The van der Waals surface area contributed by atoms with E-state index in [4.69, 9.17) is 4.74 Å². The fraction of sp³-hybridized carbons (Fsp3) is 0.312. The van der Waals surface area contributed by atoms with Crippen LogP contribution in [0.4, 0.5) is 0 Å². The molecule has 3 heterocycles. The zero-order chi connectivity index (χ0) is 21.2. The van der Waals surface area contributed by atoms with E-state index in [2.05, 4.69) is 35.2 Å². The zero-order valence-electron chi connectivity index (χ0n) is 15.4. The summed E-state index contributed by atoms with van der Waals surface area (Å²) in [6.45, 7) is 0.195. The van der Waals surface area contributed by atoms with Gasteiger partial charge in [0.15, 0.2) is 0 Å². The van der Waals surface area contributed by atoms with Gasteiger partial charge in [-0.25, -0.2) is 13.4 Å². The van der Waals surface area contributed by atoms with Crippen molar-refractivity contribution in [1.82, 2.24) is 19.2 Å². The van der Waals surface area contributed by atoms with Crippen molar-refractivity contribution >= 4 is 47.0 Å². The van der Waals surface area contributed by atoms with Gasteiger partial charge in [-0.1, -0.05) is 0 Å². The van der Waals surface area contributed by atoms with E-state index in [9.17, 15) is 16.8 Å². The van der Waals surface area contributed by atoms with Gasteiger partial charge >= 0.3 is 0 Å². The molecule has 0 aliphatic heterocycles. The first-order valence-electron chi connectivity index (χ1n) is 8.24. The highest BCUT2D eigenvalue weighted by atomic mass is 79.9. The van der Waals surface area contributed by atoms with Gasteiger partial charge < -0.3 is 4.74 Å². The quantitative estimate of drug-likeness (QED) is 0.332. The molecule has 3 aromatic heterocycles. The molecule has 0 aromatic carbocycles. The maximum atomic E-state index is 11.9. The smallest absolute Gasteiger partial charge is 0.264 e. The Morgan fingerprint density at radius 3 is 2.59 bits per heavy atom. The van der Waals surface area contributed by atoms with Crippen LogP contribution in [-0.2, 0) is 24.3 Å². The maximum Gasteiger partial charge on any atom is 0.264 e. The van der Waals surface area contributed by atoms with Crippen molar-refractivity contribution in [1.29, 1.82) is 0 Å². The second kappa shape index (κ2) is 8.34. The summed E-state index contributed by atoms with van der Waals surface area (Å²) in [5.74, 6) is 0.310. The molecule has 0 bridgehead atoms. The minimum absolute atomic E-state index is 0.00281. The molecular formula is C16H17BrN4O6S2. The Balaban J connectivity index is 1.86. The zero-order valence-corrected chi connectivity index (χ0v) is 18.7. The summed E-state index contributed by atoms with van der Waals surface area (Å²) >= 11 is 3.28. The van der Waals surface area contributed by atoms with Crippen molar-refractivity contribution in [3.05, 3.63) is 35.2 Å². The van der Waals surface area contributed by atoms with Crippen LogP contribution in [0.2, 0.25) is 0 Å². The molecule has 0 unspecified atom stereocenters. The Hall–Kier alpha value is -2.09. The van der Waals surface area contributed by atoms with E-state index < -0.39 is 20.1 Å². The highest BCUT2D eigenvalue weighted by Gasteiger charge is 2.18. The van der Waals surface area contributed by atoms with Gasteiger partial charge in [0.25, 0.3) is 20.1 Å². The van der Waals surface area contributed by atoms with Crippen molar-refractivity contribution < 1.29 is 25.8 Å². The number of hydrogen-bond acceptors (Lipinski definition) is 9. The second-order valence-corrected chi connectivity index (χ2v) is 10.3. The highest BCUT2D eigenvalue weighted by Crippen LogP contribution is 2.31. The van der Waals surface area contributed by atoms with Crippen LogP contribution in [0.25, 0.3) is 22.2 Å². The van der Waals surface area contributed by atoms with Crippen LogP contribution in [0.3, 0.4) is 0 Å². The number of rotatable bonds is 8. The number of pyridine rings is 2. The first-order chi connectivity index (χ1) is 13.6. The summed E-state index contributed by atoms with van der Waals surface area (Å²) in [5, 5.41) is 4.57. The number of nitrogens with zero attached hydrogens (tertiary/aromatic N) is 4. The van der Waals surface area contributed by atoms with Crippen LogP contribution in [0.15, 0.2) is 35.2 Å². The normalized spacial score (nSPS) is 12.4. The molecular weight excluding hydrogens is 488 g/mol. The van der Waals surface area contributed by atoms with Crippen molar-refractivity contribution in [2.75, 3.05) is 25.7 Å². The number of hydrogen-bond donors (Lipinski definition) is 0. The van der Waals surface area contributed by atoms with Crippen LogP contribution < -0.4 is 4.74 Å². The van der Waals surface area contributed by atoms with E-state index in [1.807, 2.05) is 0 Å². The average Bonchev–Trinajstić information content (AvgIpc) is 2.97. The van der Waals surface area contributed by atoms with Gasteiger partial charge in [-0.15, -0.1) is 5.10 Å². The molecule has 0 saturated heterocycles. The third kappa shape index (κ3) is 5.29. The SMILES string of the molecule is CS(=O)(=O)OCCCOc1ncccc1-c1cc2c(Br)nn(S(C)(=O)=O)c2cn1. The van der Waals surface area contributed by atoms with Crippen LogP contribution in [0, 0.1) is 0 Å². The minimum atomic E-state index is -3.58. The Bertz CT molecular complexity index is 1260. The van der Waals surface area contributed by atoms with Crippen LogP contribution in [0.5, 0.6) is 5.88 Å². The first-order valence-corrected chi connectivity index (χ1v) is 12.7. The number of halogens is 1. The molecule has 29 heavy (non-hydrogen) atoms. The number of fused-ring (bicyclic) bond motifs is 1. The molecule has 0 spiro atoms. The Morgan fingerprint density at radius 1 is 1.14 bits per heavy atom. The second-order valence-electron chi connectivity index (χ2n) is 6.07. The summed E-state index contributed by atoms with van der Waals surface area (Å²) in [6.07, 6.45) is 5.36. The third-order valence-electron chi connectivity index (χ3n) is 3.68. The predicted molar refractivity (Wildman–Crippen MR) is 110 cm³/mol. The van der Waals surface area contributed by atoms with Crippen molar-refractivity contribution in [2.45, 2.75) is 6.42 Å². The molecule has 0 N–H and O–H groups in total. The summed E-state index contributed by atoms with van der Waals surface area (Å²) in [6, 6.07) is 5.17. The van der Waals surface area contributed by atoms with Gasteiger partial charge in [-0.2, -0.15) is 12.5 Å². The molecule has 3 rings (SSSR count). The number of aromatic nitrogens is 4. The van der Waals surface area contributed by atoms with Crippen molar-refractivity contribution in [3.8, 4) is 17.1 Å². The Morgan fingerprint density at radius 2 is 1.90 bits per heavy atom. The molecule has 0 atom stereocenters. The van der Waals surface area contributed by atoms with E-state index >= 15 is 0 Å². The highest BCUT2D eigenvalue weighted by molar-refractivity contribution is 9.10. The van der Waals surface area contributed by atoms with E-state index in [0.29, 0.717) is 39.1 Å². The summed E-state index contributed by atoms with van der Waals surface area (Å²) in [5.41, 5.74) is 1.45. The first kappa shape index (κ1) is 21.6. The molecule has 0 saturated carbocycles. The van der Waals surface area contributed by atoms with Crippen molar-refractivity contribution in [2.24, 2.45) is 0 Å². The molecule has 0 fully saturated rings. The lowest BCUT2D eigenvalue weighted by Crippen LogP contribution is -2.11. The van der Waals surface area contributed by atoms with E-state index in [1.165, 1.54) is 6.20 Å². The average molecular weight is 505 g/mol. The third-order valence-corrected chi connectivity index (χ3v) is 5.76. The molecule has 10 nitrogen and oxygen atoms in total. The Labute approximate surface area is 176 Å². The van der Waals surface area contributed by atoms with Gasteiger partial charge in [-0.05, 0) is 34.1 Å². The summed E-state index contributed by atoms with van der Waals surface area (Å²) in [4.78, 5) is 8.53. The van der Waals surface area contributed by atoms with Gasteiger partial charge in [-0.3, -0.25) is 9.17 Å². The van der Waals surface area contributed by atoms with E-state index in [0.717, 1.165) is 16.6 Å². The standard InChI is InChI=1S/C16H17BrN4O6S2/c1-28(22,23)21-14-10-19-13(9-12(14)15(17)20-21)11-5-3-6-18-16(11)26-7-4-8-27-29(2,24)25/h3,5-6,9-10H,4,7-8H2,1-2H3. The molecule has 0 aliphatic carbocycles. The molecule has 156 valence electrons. The van der Waals surface area contributed by atoms with Gasteiger partial charge in [0, 0.05) is 18.0 Å². The van der Waals surface area contributed by atoms with E-state index in [-0.39, 0.29) is 13.2 Å². The van der Waals surface area contributed by atoms with E-state index in [1.54, 1.807) is 24.4 Å². The predicted octanol–water partition coefficient (Wildman–Crippen LogP) is 1.81. The van der Waals surface area contributed by atoms with Gasteiger partial charge in [0.2, 0.25) is 5.88 Å². The van der Waals surface area contributed by atoms with Crippen LogP contribution in [-0.4, -0.2) is 61.7 Å². The number of ether oxygens (including phenoxy) is 1. The summed E-state index contributed by atoms with van der Waals surface area (Å²) < 4.78 is 57.3. The fourth-order valence-corrected chi connectivity index (χ4v) is 4.23. The molecule has 0 amide bonds. The molecule has 0 aliphatic rings. The Kier molecular flexibility index (Phi) is 6.22. The molecule has 13 heteroatoms. The maximum absolute atomic E-state index is 11.9. The van der Waals surface area contributed by atoms with Crippen LogP contribution >= 0.6 is 15.9 Å². The molecule has 0 radical (unpaired) electrons. The van der Waals surface area contributed by atoms with Crippen LogP contribution in [0.1, 0.15) is 6.42 Å². The fourth-order valence-electron chi connectivity index (χ4n) is 2.49.